The summed E-state index contributed by atoms with van der Waals surface area (Å²) < 4.78 is 68.9. The molecule has 7 nitrogen and oxygen atoms in total. The second-order valence-electron chi connectivity index (χ2n) is 9.79. The number of para-hydroxylation sites is 1. The third kappa shape index (κ3) is 5.80. The van der Waals surface area contributed by atoms with Gasteiger partial charge in [0.1, 0.15) is 4.90 Å². The minimum absolute atomic E-state index is 0.0622. The van der Waals surface area contributed by atoms with Crippen LogP contribution in [0.2, 0.25) is 0 Å². The number of halogens is 3. The van der Waals surface area contributed by atoms with Crippen LogP contribution in [0.15, 0.2) is 77.8 Å². The molecular weight excluding hydrogens is 541 g/mol. The molecule has 2 heterocycles. The number of nitrogens with zero attached hydrogens (tertiary/aromatic N) is 3. The zero-order chi connectivity index (χ0) is 28.4. The molecule has 1 aromatic heterocycles. The van der Waals surface area contributed by atoms with Crippen LogP contribution in [0.25, 0.3) is 10.9 Å². The molecule has 4 aromatic rings. The number of anilines is 1. The lowest BCUT2D eigenvalue weighted by atomic mass is 10.1. The van der Waals surface area contributed by atoms with E-state index in [4.69, 9.17) is 0 Å². The molecule has 1 saturated heterocycles. The van der Waals surface area contributed by atoms with E-state index in [0.29, 0.717) is 60.3 Å². The van der Waals surface area contributed by atoms with Gasteiger partial charge in [-0.3, -0.25) is 19.4 Å². The van der Waals surface area contributed by atoms with Crippen LogP contribution in [0.1, 0.15) is 22.8 Å². The monoisotopic (exact) mass is 568 g/mol. The Morgan fingerprint density at radius 1 is 1.00 bits per heavy atom. The van der Waals surface area contributed by atoms with Gasteiger partial charge in [-0.2, -0.15) is 0 Å². The molecule has 0 aliphatic carbocycles. The van der Waals surface area contributed by atoms with E-state index in [0.717, 1.165) is 12.1 Å². The Hall–Kier alpha value is -3.96. The van der Waals surface area contributed by atoms with Crippen LogP contribution in [0.4, 0.5) is 18.9 Å². The van der Waals surface area contributed by atoms with E-state index in [1.165, 1.54) is 12.3 Å². The highest BCUT2D eigenvalue weighted by atomic mass is 32.2. The van der Waals surface area contributed by atoms with Crippen molar-refractivity contribution in [2.45, 2.75) is 24.3 Å². The number of nitrogens with one attached hydrogen (secondary N) is 1. The van der Waals surface area contributed by atoms with Gasteiger partial charge in [0.2, 0.25) is 0 Å². The zero-order valence-corrected chi connectivity index (χ0v) is 22.5. The molecule has 0 unspecified atom stereocenters. The molecule has 0 saturated carbocycles. The van der Waals surface area contributed by atoms with Gasteiger partial charge in [-0.1, -0.05) is 18.2 Å². The number of aromatic nitrogens is 1. The molecule has 1 amide bonds. The molecule has 1 N–H and O–H groups in total. The van der Waals surface area contributed by atoms with E-state index < -0.39 is 27.5 Å². The fourth-order valence-corrected chi connectivity index (χ4v) is 6.17. The van der Waals surface area contributed by atoms with Gasteiger partial charge in [-0.15, -0.1) is 0 Å². The maximum absolute atomic E-state index is 13.5. The van der Waals surface area contributed by atoms with E-state index in [-0.39, 0.29) is 16.8 Å². The number of hydrogen-bond donors (Lipinski definition) is 1. The third-order valence-corrected chi connectivity index (χ3v) is 8.41. The molecule has 3 aromatic carbocycles. The summed E-state index contributed by atoms with van der Waals surface area (Å²) in [5, 5.41) is 0.707. The molecule has 1 aliphatic rings. The Kier molecular flexibility index (Phi) is 7.77. The summed E-state index contributed by atoms with van der Waals surface area (Å²) in [7, 11) is -3.91. The van der Waals surface area contributed by atoms with Gasteiger partial charge in [0.25, 0.3) is 15.9 Å². The van der Waals surface area contributed by atoms with E-state index in [1.807, 2.05) is 6.92 Å². The van der Waals surface area contributed by atoms with Crippen LogP contribution in [-0.2, 0) is 16.4 Å². The van der Waals surface area contributed by atoms with E-state index >= 15 is 0 Å². The first-order chi connectivity index (χ1) is 19.1. The lowest BCUT2D eigenvalue weighted by Gasteiger charge is -2.40. The maximum Gasteiger partial charge on any atom is 0.264 e. The molecular formula is C29H27F3N4O3S. The molecule has 1 aliphatic heterocycles. The summed E-state index contributed by atoms with van der Waals surface area (Å²) in [6, 6.07) is 16.6. The first-order valence-electron chi connectivity index (χ1n) is 12.8. The van der Waals surface area contributed by atoms with Crippen molar-refractivity contribution in [1.29, 1.82) is 0 Å². The molecule has 1 atom stereocenters. The highest BCUT2D eigenvalue weighted by Crippen LogP contribution is 2.24. The summed E-state index contributed by atoms with van der Waals surface area (Å²) in [6.07, 6.45) is 1.89. The number of carbonyl (C=O) groups excluding carboxylic acids is 1. The Morgan fingerprint density at radius 3 is 2.40 bits per heavy atom. The second-order valence-corrected chi connectivity index (χ2v) is 11.4. The number of rotatable bonds is 7. The molecule has 208 valence electrons. The molecule has 1 fully saturated rings. The number of amides is 1. The van der Waals surface area contributed by atoms with E-state index in [9.17, 15) is 26.4 Å². The number of sulfonamides is 1. The summed E-state index contributed by atoms with van der Waals surface area (Å²) >= 11 is 0. The van der Waals surface area contributed by atoms with Crippen molar-refractivity contribution in [2.24, 2.45) is 0 Å². The largest absolute Gasteiger partial charge is 0.333 e. The number of pyridine rings is 1. The fraction of sp³-hybridized carbons (Fsp3) is 0.241. The Labute approximate surface area is 230 Å². The molecule has 5 rings (SSSR count). The van der Waals surface area contributed by atoms with Gasteiger partial charge >= 0.3 is 0 Å². The van der Waals surface area contributed by atoms with Crippen molar-refractivity contribution < 1.29 is 26.4 Å². The average Bonchev–Trinajstić information content (AvgIpc) is 2.94. The first kappa shape index (κ1) is 27.6. The van der Waals surface area contributed by atoms with Crippen LogP contribution >= 0.6 is 0 Å². The quantitative estimate of drug-likeness (QED) is 0.323. The average molecular weight is 569 g/mol. The molecule has 0 radical (unpaired) electrons. The predicted molar refractivity (Wildman–Crippen MR) is 146 cm³/mol. The lowest BCUT2D eigenvalue weighted by molar-refractivity contribution is 0.0492. The van der Waals surface area contributed by atoms with Crippen molar-refractivity contribution in [3.8, 4) is 0 Å². The minimum atomic E-state index is -3.91. The zero-order valence-electron chi connectivity index (χ0n) is 21.6. The minimum Gasteiger partial charge on any atom is -0.333 e. The van der Waals surface area contributed by atoms with Gasteiger partial charge in [0, 0.05) is 55.1 Å². The van der Waals surface area contributed by atoms with E-state index in [2.05, 4.69) is 14.6 Å². The second kappa shape index (κ2) is 11.3. The normalized spacial score (nSPS) is 16.3. The van der Waals surface area contributed by atoms with Crippen LogP contribution in [0.5, 0.6) is 0 Å². The van der Waals surface area contributed by atoms with Crippen molar-refractivity contribution >= 4 is 32.5 Å². The van der Waals surface area contributed by atoms with Crippen molar-refractivity contribution in [3.63, 3.8) is 0 Å². The van der Waals surface area contributed by atoms with Crippen LogP contribution < -0.4 is 4.72 Å². The van der Waals surface area contributed by atoms with Gasteiger partial charge < -0.3 is 4.90 Å². The summed E-state index contributed by atoms with van der Waals surface area (Å²) in [4.78, 5) is 21.3. The molecule has 0 spiro atoms. The summed E-state index contributed by atoms with van der Waals surface area (Å²) in [6.45, 7) is 4.02. The van der Waals surface area contributed by atoms with Crippen LogP contribution in [0, 0.1) is 17.5 Å². The summed E-state index contributed by atoms with van der Waals surface area (Å²) in [5.41, 5.74) is 1.48. The summed E-state index contributed by atoms with van der Waals surface area (Å²) in [5.74, 6) is -4.06. The standard InChI is InChI=1S/C29H27F3N4O3S/c1-19-18-35(13-11-20-16-24(30)27(32)25(31)17-20)14-15-36(19)29(37)22-7-9-23(10-8-22)34-40(38,39)26-6-2-4-21-5-3-12-33-28(21)26/h2-10,12,16-17,19,34H,11,13-15,18H2,1H3/t19-/m1/s1. The highest BCUT2D eigenvalue weighted by molar-refractivity contribution is 7.93. The van der Waals surface area contributed by atoms with Gasteiger partial charge in [-0.05, 0) is 67.4 Å². The number of hydrogen-bond acceptors (Lipinski definition) is 5. The van der Waals surface area contributed by atoms with Gasteiger partial charge in [-0.25, -0.2) is 21.6 Å². The van der Waals surface area contributed by atoms with Crippen molar-refractivity contribution in [1.82, 2.24) is 14.8 Å². The Bertz CT molecular complexity index is 1640. The lowest BCUT2D eigenvalue weighted by Crippen LogP contribution is -2.54. The number of benzene rings is 3. The van der Waals surface area contributed by atoms with E-state index in [1.54, 1.807) is 53.4 Å². The smallest absolute Gasteiger partial charge is 0.264 e. The van der Waals surface area contributed by atoms with Crippen molar-refractivity contribution in [2.75, 3.05) is 30.9 Å². The SMILES string of the molecule is C[C@@H]1CN(CCc2cc(F)c(F)c(F)c2)CCN1C(=O)c1ccc(NS(=O)(=O)c2cccc3cccnc23)cc1. The van der Waals surface area contributed by atoms with Crippen LogP contribution in [0.3, 0.4) is 0 Å². The maximum atomic E-state index is 13.5. The Balaban J connectivity index is 1.20. The molecule has 11 heteroatoms. The highest BCUT2D eigenvalue weighted by Gasteiger charge is 2.28. The number of piperazine rings is 1. The molecule has 40 heavy (non-hydrogen) atoms. The van der Waals surface area contributed by atoms with Crippen LogP contribution in [-0.4, -0.2) is 61.3 Å². The fourth-order valence-electron chi connectivity index (χ4n) is 4.93. The third-order valence-electron chi connectivity index (χ3n) is 7.00. The van der Waals surface area contributed by atoms with Gasteiger partial charge in [0.15, 0.2) is 17.5 Å². The topological polar surface area (TPSA) is 82.6 Å². The predicted octanol–water partition coefficient (Wildman–Crippen LogP) is 4.84. The number of fused-ring (bicyclic) bond motifs is 1. The first-order valence-corrected chi connectivity index (χ1v) is 14.2. The van der Waals surface area contributed by atoms with Crippen molar-refractivity contribution in [3.05, 3.63) is 102 Å². The van der Waals surface area contributed by atoms with Gasteiger partial charge in [0.05, 0.1) is 5.52 Å². The molecule has 0 bridgehead atoms. The Morgan fingerprint density at radius 2 is 1.70 bits per heavy atom. The number of carbonyl (C=O) groups is 1.